The summed E-state index contributed by atoms with van der Waals surface area (Å²) in [5.41, 5.74) is 1.17. The van der Waals surface area contributed by atoms with E-state index in [0.29, 0.717) is 30.1 Å². The van der Waals surface area contributed by atoms with E-state index >= 15 is 0 Å². The van der Waals surface area contributed by atoms with Gasteiger partial charge in [-0.05, 0) is 86.8 Å². The number of fused-ring (bicyclic) bond motifs is 5. The molecule has 6 atom stereocenters. The number of nitrogens with two attached hydrogens (primary N) is 1. The van der Waals surface area contributed by atoms with Crippen LogP contribution < -0.4 is 5.14 Å². The molecule has 2 N–H and O–H groups in total. The van der Waals surface area contributed by atoms with Gasteiger partial charge in [0, 0.05) is 11.8 Å². The lowest BCUT2D eigenvalue weighted by Gasteiger charge is -2.53. The van der Waals surface area contributed by atoms with Gasteiger partial charge in [-0.1, -0.05) is 35.7 Å². The third kappa shape index (κ3) is 4.02. The van der Waals surface area contributed by atoms with Gasteiger partial charge in [0.05, 0.1) is 15.6 Å². The number of sulfonamides is 1. The zero-order valence-corrected chi connectivity index (χ0v) is 21.4. The lowest BCUT2D eigenvalue weighted by molar-refractivity contribution is -0.116. The second kappa shape index (κ2) is 8.61. The summed E-state index contributed by atoms with van der Waals surface area (Å²) in [5, 5.41) is 5.13. The van der Waals surface area contributed by atoms with Crippen LogP contribution in [0.5, 0.6) is 0 Å². The van der Waals surface area contributed by atoms with Crippen LogP contribution in [0, 0.1) is 29.1 Å². The summed E-state index contributed by atoms with van der Waals surface area (Å²) in [5.74, 6) is 1.77. The average Bonchev–Trinajstić information content (AvgIpc) is 3.08. The summed E-state index contributed by atoms with van der Waals surface area (Å²) in [6.07, 6.45) is 9.14. The highest BCUT2D eigenvalue weighted by Crippen LogP contribution is 2.62. The van der Waals surface area contributed by atoms with Gasteiger partial charge in [-0.15, -0.1) is 0 Å². The minimum Gasteiger partial charge on any atom is -0.458 e. The van der Waals surface area contributed by atoms with Gasteiger partial charge in [-0.3, -0.25) is 4.79 Å². The number of rotatable bonds is 3. The minimum absolute atomic E-state index is 0.0317. The van der Waals surface area contributed by atoms with E-state index in [0.717, 1.165) is 51.0 Å². The predicted molar refractivity (Wildman–Crippen MR) is 129 cm³/mol. The van der Waals surface area contributed by atoms with Crippen LogP contribution in [0.25, 0.3) is 0 Å². The Hall–Kier alpha value is -1.41. The zero-order valence-electron chi connectivity index (χ0n) is 19.1. The molecule has 0 aromatic heterocycles. The van der Waals surface area contributed by atoms with Gasteiger partial charge in [0.25, 0.3) is 0 Å². The highest BCUT2D eigenvalue weighted by Gasteiger charge is 2.57. The molecule has 4 aliphatic rings. The number of hydrogen-bond donors (Lipinski definition) is 1. The number of carbonyl (C=O) groups excluding carboxylic acids is 2. The molecule has 4 aliphatic carbocycles. The first-order chi connectivity index (χ1) is 16.0. The highest BCUT2D eigenvalue weighted by molar-refractivity contribution is 7.89. The van der Waals surface area contributed by atoms with Gasteiger partial charge in [-0.2, -0.15) is 0 Å². The molecule has 0 spiro atoms. The van der Waals surface area contributed by atoms with Crippen molar-refractivity contribution in [2.75, 3.05) is 0 Å². The smallest absolute Gasteiger partial charge is 0.339 e. The maximum absolute atomic E-state index is 13.1. The predicted octanol–water partition coefficient (Wildman–Crippen LogP) is 5.31. The molecule has 1 aromatic rings. The number of ether oxygens (including phenoxy) is 1. The number of carbonyl (C=O) groups is 2. The summed E-state index contributed by atoms with van der Waals surface area (Å²) in [7, 11) is -4.12. The Morgan fingerprint density at radius 3 is 2.56 bits per heavy atom. The molecular weight excluding hydrogens is 497 g/mol. The Balaban J connectivity index is 1.36. The Kier molecular flexibility index (Phi) is 6.15. The molecule has 0 saturated heterocycles. The molecule has 6 nitrogen and oxygen atoms in total. The summed E-state index contributed by atoms with van der Waals surface area (Å²) in [4.78, 5) is 24.7. The van der Waals surface area contributed by atoms with E-state index in [-0.39, 0.29) is 37.8 Å². The number of hydrogen-bond acceptors (Lipinski definition) is 5. The Morgan fingerprint density at radius 1 is 1.06 bits per heavy atom. The molecule has 1 aromatic carbocycles. The van der Waals surface area contributed by atoms with Gasteiger partial charge >= 0.3 is 5.97 Å². The van der Waals surface area contributed by atoms with Crippen molar-refractivity contribution in [3.05, 3.63) is 39.4 Å². The van der Waals surface area contributed by atoms with Crippen molar-refractivity contribution >= 4 is 45.0 Å². The van der Waals surface area contributed by atoms with E-state index in [4.69, 9.17) is 33.1 Å². The number of halogens is 2. The van der Waals surface area contributed by atoms with Crippen LogP contribution in [-0.2, 0) is 19.6 Å². The van der Waals surface area contributed by atoms with Crippen LogP contribution in [0.3, 0.4) is 0 Å². The number of benzene rings is 1. The Morgan fingerprint density at radius 2 is 1.82 bits per heavy atom. The fourth-order valence-electron chi connectivity index (χ4n) is 7.42. The molecule has 3 fully saturated rings. The standard InChI is InChI=1S/C25H29Cl2NO5S/c1-25-9-8-16-15-5-3-14(29)10-13(15)2-4-17(16)19(25)6-7-23(25)33-24(30)18-11-22(34(28,31)32)21(27)12-20(18)26/h10-12,15-17,19,23H,2-9H2,1H3,(H2,28,31,32)/t15-,16?,17?,19?,23-,25-/m0/s1. The van der Waals surface area contributed by atoms with Crippen molar-refractivity contribution in [1.82, 2.24) is 0 Å². The number of ketones is 1. The molecule has 0 amide bonds. The van der Waals surface area contributed by atoms with Crippen LogP contribution >= 0.6 is 23.2 Å². The molecule has 0 heterocycles. The molecule has 184 valence electrons. The van der Waals surface area contributed by atoms with E-state index in [1.54, 1.807) is 0 Å². The first kappa shape index (κ1) is 24.3. The van der Waals surface area contributed by atoms with Crippen LogP contribution in [0.4, 0.5) is 0 Å². The fraction of sp³-hybridized carbons (Fsp3) is 0.600. The van der Waals surface area contributed by atoms with Gasteiger partial charge in [-0.25, -0.2) is 18.4 Å². The van der Waals surface area contributed by atoms with E-state index in [2.05, 4.69) is 6.92 Å². The molecule has 5 rings (SSSR count). The second-order valence-electron chi connectivity index (χ2n) is 10.6. The Labute approximate surface area is 210 Å². The highest BCUT2D eigenvalue weighted by atomic mass is 35.5. The zero-order chi connectivity index (χ0) is 24.4. The summed E-state index contributed by atoms with van der Waals surface area (Å²) >= 11 is 12.2. The van der Waals surface area contributed by atoms with Gasteiger partial charge < -0.3 is 4.74 Å². The van der Waals surface area contributed by atoms with Crippen LogP contribution in [-0.4, -0.2) is 26.3 Å². The second-order valence-corrected chi connectivity index (χ2v) is 13.0. The summed E-state index contributed by atoms with van der Waals surface area (Å²) < 4.78 is 29.7. The van der Waals surface area contributed by atoms with Gasteiger partial charge in [0.15, 0.2) is 5.78 Å². The first-order valence-electron chi connectivity index (χ1n) is 11.9. The number of esters is 1. The Bertz CT molecular complexity index is 1200. The van der Waals surface area contributed by atoms with Crippen molar-refractivity contribution < 1.29 is 22.7 Å². The normalized spacial score (nSPS) is 35.1. The van der Waals surface area contributed by atoms with Crippen molar-refractivity contribution in [3.63, 3.8) is 0 Å². The van der Waals surface area contributed by atoms with Crippen LogP contribution in [0.1, 0.15) is 68.6 Å². The average molecular weight is 526 g/mol. The molecule has 3 saturated carbocycles. The topological polar surface area (TPSA) is 104 Å². The molecule has 34 heavy (non-hydrogen) atoms. The first-order valence-corrected chi connectivity index (χ1v) is 14.3. The van der Waals surface area contributed by atoms with Crippen molar-refractivity contribution in [3.8, 4) is 0 Å². The molecule has 0 radical (unpaired) electrons. The SMILES string of the molecule is C[C@]12CCC3C(CCC4=CC(=O)CC[C@@H]43)C1CC[C@@H]2OC(=O)c1cc(S(N)(=O)=O)c(Cl)cc1Cl. The van der Waals surface area contributed by atoms with E-state index < -0.39 is 16.0 Å². The fourth-order valence-corrected chi connectivity index (χ4v) is 8.82. The largest absolute Gasteiger partial charge is 0.458 e. The molecule has 0 bridgehead atoms. The van der Waals surface area contributed by atoms with Crippen LogP contribution in [0.15, 0.2) is 28.7 Å². The number of primary sulfonamides is 1. The van der Waals surface area contributed by atoms with E-state index in [1.807, 2.05) is 6.08 Å². The maximum atomic E-state index is 13.1. The molecular formula is C25H29Cl2NO5S. The van der Waals surface area contributed by atoms with Gasteiger partial charge in [0.2, 0.25) is 10.0 Å². The molecule has 3 unspecified atom stereocenters. The molecule has 9 heteroatoms. The third-order valence-corrected chi connectivity index (χ3v) is 10.7. The van der Waals surface area contributed by atoms with Gasteiger partial charge in [0.1, 0.15) is 11.0 Å². The maximum Gasteiger partial charge on any atom is 0.339 e. The number of allylic oxidation sites excluding steroid dienone is 1. The summed E-state index contributed by atoms with van der Waals surface area (Å²) in [6, 6.07) is 2.32. The quantitative estimate of drug-likeness (QED) is 0.538. The van der Waals surface area contributed by atoms with E-state index in [1.165, 1.54) is 11.6 Å². The van der Waals surface area contributed by atoms with Crippen molar-refractivity contribution in [1.29, 1.82) is 0 Å². The lowest BCUT2D eigenvalue weighted by atomic mass is 9.52. The lowest BCUT2D eigenvalue weighted by Crippen LogP contribution is -2.48. The summed E-state index contributed by atoms with van der Waals surface area (Å²) in [6.45, 7) is 2.23. The third-order valence-electron chi connectivity index (χ3n) is 9.01. The van der Waals surface area contributed by atoms with Crippen molar-refractivity contribution in [2.24, 2.45) is 34.2 Å². The monoisotopic (exact) mass is 525 g/mol. The minimum atomic E-state index is -4.12. The van der Waals surface area contributed by atoms with Crippen LogP contribution in [0.2, 0.25) is 10.0 Å². The molecule has 0 aliphatic heterocycles. The van der Waals surface area contributed by atoms with Crippen molar-refractivity contribution in [2.45, 2.75) is 69.3 Å². The van der Waals surface area contributed by atoms with E-state index in [9.17, 15) is 18.0 Å².